The van der Waals surface area contributed by atoms with E-state index < -0.39 is 16.4 Å². The van der Waals surface area contributed by atoms with E-state index in [0.29, 0.717) is 67.3 Å². The number of nitrogens with zero attached hydrogens (tertiary/aromatic N) is 6. The topological polar surface area (TPSA) is 231 Å². The number of morpholine rings is 3. The molecular formula is C106H221N7O15. The van der Waals surface area contributed by atoms with Crippen molar-refractivity contribution in [2.75, 3.05) is 192 Å². The van der Waals surface area contributed by atoms with Gasteiger partial charge in [0.2, 0.25) is 0 Å². The number of carbonyl (C=O) groups is 6. The first-order chi connectivity index (χ1) is 56.5. The molecule has 0 aliphatic carbocycles. The smallest absolute Gasteiger partial charge is 0.325 e. The van der Waals surface area contributed by atoms with Crippen molar-refractivity contribution in [3.63, 3.8) is 0 Å². The monoisotopic (exact) mass is 1830 g/mol. The van der Waals surface area contributed by atoms with Crippen molar-refractivity contribution in [3.8, 4) is 0 Å². The molecule has 0 spiro atoms. The van der Waals surface area contributed by atoms with E-state index in [4.69, 9.17) is 48.4 Å². The third kappa shape index (κ3) is 86.5. The summed E-state index contributed by atoms with van der Waals surface area (Å²) in [6.07, 6.45) is 5.67. The summed E-state index contributed by atoms with van der Waals surface area (Å²) < 4.78 is 47.5. The van der Waals surface area contributed by atoms with Crippen molar-refractivity contribution in [2.24, 2.45) is 87.0 Å². The van der Waals surface area contributed by atoms with Gasteiger partial charge in [0.05, 0.1) is 106 Å². The maximum absolute atomic E-state index is 12.2. The van der Waals surface area contributed by atoms with E-state index in [-0.39, 0.29) is 92.0 Å². The number of nitrogens with two attached hydrogens (primary N) is 1. The van der Waals surface area contributed by atoms with Gasteiger partial charge in [-0.05, 0) is 211 Å². The fourth-order valence-electron chi connectivity index (χ4n) is 10.6. The molecule has 22 heteroatoms. The van der Waals surface area contributed by atoms with Crippen molar-refractivity contribution in [1.29, 1.82) is 0 Å². The van der Waals surface area contributed by atoms with Crippen LogP contribution in [0.3, 0.4) is 0 Å². The highest BCUT2D eigenvalue weighted by Gasteiger charge is 2.36. The molecule has 1 atom stereocenters. The lowest BCUT2D eigenvalue weighted by molar-refractivity contribution is -0.158. The third-order valence-corrected chi connectivity index (χ3v) is 20.2. The van der Waals surface area contributed by atoms with Crippen LogP contribution in [-0.2, 0) is 71.4 Å². The van der Waals surface area contributed by atoms with E-state index in [1.807, 2.05) is 125 Å². The van der Waals surface area contributed by atoms with Crippen molar-refractivity contribution in [1.82, 2.24) is 29.4 Å². The lowest BCUT2D eigenvalue weighted by atomic mass is 9.87. The van der Waals surface area contributed by atoms with Gasteiger partial charge >= 0.3 is 35.8 Å². The number of carbonyl (C=O) groups excluding carboxylic acids is 6. The van der Waals surface area contributed by atoms with Gasteiger partial charge in [-0.1, -0.05) is 249 Å². The van der Waals surface area contributed by atoms with Crippen LogP contribution in [0.15, 0.2) is 0 Å². The maximum atomic E-state index is 12.2. The summed E-state index contributed by atoms with van der Waals surface area (Å²) in [5, 5.41) is 0. The standard InChI is InChI=1S/C16H32N2O2.C15H29NO3.C12H24O2.C11H22O2.C10H21NO.C10H20O2.C9H19NO2.C9H19NO.C7H17N.C6H14.CH4/c1-15(2,3)13-20-14(19)16(4,5)7-8-18-11-9-17(6)10-12-18;1-14(2,3)12-19-13(17)15(4,5)6-7-16-8-10-18-11-9-16;1-7-8-12(5,6)10(13)14-9-11(2,3)4;1-7-11(5,6)9(12)13-8-10(2,3)4;1-9(10(2,3)4)11-5-7-12-8-6-11;1-9(2,3)7-12-8(11)10(4,5)6;1-8(2,3)6-12-7(11)9(4,5)10;1-9(2,3)8-10-4-6-11-7-5-10;1-7(2,3)6-8(4)5;1-5-6(2,3)4;/h7-13H2,1-6H3;6-12H2,1-5H3;7-9H2,1-6H3;7-8H2,1-6H3;9H,5-8H2,1-4H3;7H2,1-6H3;6,10H2,1-5H3;4-8H2,1-3H3;6H2,1-5H3;5H2,1-4H3;1H4. The van der Waals surface area contributed by atoms with Crippen LogP contribution in [0.2, 0.25) is 0 Å². The van der Waals surface area contributed by atoms with Gasteiger partial charge in [0, 0.05) is 84.6 Å². The second-order valence-electron chi connectivity index (χ2n) is 52.4. The molecule has 0 bridgehead atoms. The van der Waals surface area contributed by atoms with Crippen LogP contribution in [0.25, 0.3) is 0 Å². The Morgan fingerprint density at radius 3 is 0.812 bits per heavy atom. The van der Waals surface area contributed by atoms with Crippen LogP contribution in [0, 0.1) is 81.2 Å². The highest BCUT2D eigenvalue weighted by Crippen LogP contribution is 2.31. The van der Waals surface area contributed by atoms with Crippen molar-refractivity contribution in [2.45, 2.75) is 383 Å². The van der Waals surface area contributed by atoms with E-state index in [2.05, 4.69) is 237 Å². The summed E-state index contributed by atoms with van der Waals surface area (Å²) in [5.41, 5.74) is 4.81. The lowest BCUT2D eigenvalue weighted by Gasteiger charge is -2.39. The van der Waals surface area contributed by atoms with Crippen LogP contribution >= 0.6 is 0 Å². The van der Waals surface area contributed by atoms with Gasteiger partial charge in [-0.15, -0.1) is 0 Å². The summed E-state index contributed by atoms with van der Waals surface area (Å²) >= 11 is 0. The largest absolute Gasteiger partial charge is 0.465 e. The molecule has 0 aromatic rings. The molecule has 0 aromatic carbocycles. The molecule has 0 saturated carbocycles. The number of hydrogen-bond donors (Lipinski definition) is 1. The van der Waals surface area contributed by atoms with Gasteiger partial charge in [-0.3, -0.25) is 43.5 Å². The molecule has 0 radical (unpaired) electrons. The number of piperazine rings is 1. The van der Waals surface area contributed by atoms with Crippen molar-refractivity contribution >= 4 is 35.8 Å². The minimum Gasteiger partial charge on any atom is -0.465 e. The molecule has 2 N–H and O–H groups in total. The molecule has 4 saturated heterocycles. The molecular weight excluding hydrogens is 1610 g/mol. The number of ether oxygens (including phenoxy) is 9. The molecule has 4 aliphatic heterocycles. The molecule has 0 aromatic heterocycles. The Labute approximate surface area is 794 Å². The van der Waals surface area contributed by atoms with E-state index >= 15 is 0 Å². The molecule has 4 rings (SSSR count). The number of rotatable bonds is 23. The zero-order chi connectivity index (χ0) is 101. The minimum absolute atomic E-state index is 0. The Morgan fingerprint density at radius 1 is 0.328 bits per heavy atom. The predicted octanol–water partition coefficient (Wildman–Crippen LogP) is 22.7. The SMILES string of the molecule is C.CC(C)(C)CN1CCOCC1.CC(C)(C)COC(=O)C(C)(C)C.CC(C)(C)COC(=O)C(C)(C)CCN1CCOCC1.CC(C)(C)COC(=O)C(C)(C)N.CC(N1CCOCC1)C(C)(C)C.CCC(C)(C)C.CCC(C)(C)C(=O)OCC(C)(C)C.CCCC(C)(C)C(=O)OCC(C)(C)C.CN(C)CC(C)(C)C.CN1CCN(CCC(C)(C)C(=O)OCC(C)(C)C)CC1. The number of likely N-dealkylation sites (N-methyl/N-ethyl adjacent to an activating group) is 1. The molecule has 22 nitrogen and oxygen atoms in total. The van der Waals surface area contributed by atoms with Gasteiger partial charge < -0.3 is 63.1 Å². The van der Waals surface area contributed by atoms with Crippen molar-refractivity contribution < 1.29 is 71.4 Å². The quantitative estimate of drug-likeness (QED) is 0.0740. The first-order valence-electron chi connectivity index (χ1n) is 48.3. The van der Waals surface area contributed by atoms with Gasteiger partial charge in [0.15, 0.2) is 0 Å². The predicted molar refractivity (Wildman–Crippen MR) is 543 cm³/mol. The van der Waals surface area contributed by atoms with E-state index in [0.717, 1.165) is 157 Å². The van der Waals surface area contributed by atoms with Gasteiger partial charge in [0.25, 0.3) is 0 Å². The summed E-state index contributed by atoms with van der Waals surface area (Å²) in [6, 6.07) is 0.654. The summed E-state index contributed by atoms with van der Waals surface area (Å²) in [5.74, 6) is -0.800. The second kappa shape index (κ2) is 62.2. The zero-order valence-electron chi connectivity index (χ0n) is 93.6. The van der Waals surface area contributed by atoms with Gasteiger partial charge in [-0.25, -0.2) is 0 Å². The average molecular weight is 1830 g/mol. The Balaban J connectivity index is -0.000000258. The second-order valence-corrected chi connectivity index (χ2v) is 52.4. The van der Waals surface area contributed by atoms with Gasteiger partial charge in [0.1, 0.15) is 5.54 Å². The average Bonchev–Trinajstić information content (AvgIpc) is 0.861. The number of esters is 6. The first-order valence-corrected chi connectivity index (χ1v) is 48.3. The van der Waals surface area contributed by atoms with Crippen LogP contribution in [0.1, 0.15) is 371 Å². The van der Waals surface area contributed by atoms with E-state index in [9.17, 15) is 28.8 Å². The fourth-order valence-corrected chi connectivity index (χ4v) is 10.6. The number of hydrogen-bond acceptors (Lipinski definition) is 22. The Kier molecular flexibility index (Phi) is 66.8. The summed E-state index contributed by atoms with van der Waals surface area (Å²) in [4.78, 5) is 84.3. The van der Waals surface area contributed by atoms with Crippen molar-refractivity contribution in [3.05, 3.63) is 0 Å². The van der Waals surface area contributed by atoms with Crippen LogP contribution in [0.4, 0.5) is 0 Å². The van der Waals surface area contributed by atoms with Crippen LogP contribution in [-0.4, -0.2) is 269 Å². The third-order valence-electron chi connectivity index (χ3n) is 20.2. The van der Waals surface area contributed by atoms with Crippen LogP contribution in [0.5, 0.6) is 0 Å². The molecule has 128 heavy (non-hydrogen) atoms. The summed E-state index contributed by atoms with van der Waals surface area (Å²) in [6.45, 7) is 120. The molecule has 1 unspecified atom stereocenters. The Bertz CT molecular complexity index is 2830. The van der Waals surface area contributed by atoms with E-state index in [1.54, 1.807) is 13.8 Å². The highest BCUT2D eigenvalue weighted by molar-refractivity contribution is 5.79. The zero-order valence-corrected chi connectivity index (χ0v) is 93.6. The van der Waals surface area contributed by atoms with Crippen LogP contribution < -0.4 is 5.73 Å². The minimum atomic E-state index is -0.884. The normalized spacial score (nSPS) is 16.3. The Morgan fingerprint density at radius 2 is 0.586 bits per heavy atom. The van der Waals surface area contributed by atoms with E-state index in [1.165, 1.54) is 13.0 Å². The molecule has 4 heterocycles. The lowest BCUT2D eigenvalue weighted by Crippen LogP contribution is -2.47. The molecule has 4 fully saturated rings. The maximum Gasteiger partial charge on any atom is 0.325 e. The summed E-state index contributed by atoms with van der Waals surface area (Å²) in [7, 11) is 6.36. The fraction of sp³-hybridized carbons (Fsp3) is 0.943. The molecule has 4 aliphatic rings. The molecule has 0 amide bonds. The first kappa shape index (κ1) is 137. The molecule has 770 valence electrons. The highest BCUT2D eigenvalue weighted by atomic mass is 16.6. The van der Waals surface area contributed by atoms with Gasteiger partial charge in [-0.2, -0.15) is 0 Å². The Hall–Kier alpha value is -3.58.